The minimum atomic E-state index is -3.87. The van der Waals surface area contributed by atoms with Crippen molar-refractivity contribution in [3.63, 3.8) is 0 Å². The highest BCUT2D eigenvalue weighted by Crippen LogP contribution is 2.30. The zero-order chi connectivity index (χ0) is 27.9. The molecule has 208 valence electrons. The average Bonchev–Trinajstić information content (AvgIpc) is 2.89. The molecule has 2 aromatic carbocycles. The monoisotopic (exact) mass is 583 g/mol. The number of methoxy groups -OCH3 is 1. The summed E-state index contributed by atoms with van der Waals surface area (Å²) in [4.78, 5) is 28.7. The van der Waals surface area contributed by atoms with Crippen LogP contribution >= 0.6 is 23.2 Å². The highest BCUT2D eigenvalue weighted by Gasteiger charge is 2.33. The van der Waals surface area contributed by atoms with E-state index >= 15 is 0 Å². The Hall–Kier alpha value is -2.49. The molecule has 0 aromatic heterocycles. The molecule has 38 heavy (non-hydrogen) atoms. The third-order valence-corrected chi connectivity index (χ3v) is 8.57. The van der Waals surface area contributed by atoms with E-state index in [0.29, 0.717) is 27.8 Å². The van der Waals surface area contributed by atoms with Gasteiger partial charge in [-0.2, -0.15) is 0 Å². The maximum atomic E-state index is 13.9. The van der Waals surface area contributed by atoms with Crippen molar-refractivity contribution in [2.75, 3.05) is 24.2 Å². The summed E-state index contributed by atoms with van der Waals surface area (Å²) in [6, 6.07) is 10.8. The van der Waals surface area contributed by atoms with Crippen LogP contribution in [0.15, 0.2) is 42.5 Å². The summed E-state index contributed by atoms with van der Waals surface area (Å²) in [6.45, 7) is 1.37. The molecule has 1 aliphatic carbocycles. The molecule has 0 radical (unpaired) electrons. The number of hydrogen-bond acceptors (Lipinski definition) is 5. The molecule has 1 fully saturated rings. The van der Waals surface area contributed by atoms with Crippen LogP contribution in [0.3, 0.4) is 0 Å². The first-order chi connectivity index (χ1) is 18.0. The molecule has 1 atom stereocenters. The number of para-hydroxylation sites is 2. The number of nitrogens with zero attached hydrogens (tertiary/aromatic N) is 2. The number of benzene rings is 2. The van der Waals surface area contributed by atoms with Crippen molar-refractivity contribution >= 4 is 50.7 Å². The Kier molecular flexibility index (Phi) is 10.7. The molecule has 8 nitrogen and oxygen atoms in total. The van der Waals surface area contributed by atoms with Crippen LogP contribution in [-0.4, -0.2) is 57.1 Å². The van der Waals surface area contributed by atoms with Gasteiger partial charge in [-0.25, -0.2) is 8.42 Å². The van der Waals surface area contributed by atoms with Crippen molar-refractivity contribution in [3.8, 4) is 5.75 Å². The second-order valence-electron chi connectivity index (χ2n) is 9.48. The number of ether oxygens (including phenoxy) is 1. The van der Waals surface area contributed by atoms with Gasteiger partial charge in [-0.1, -0.05) is 67.6 Å². The summed E-state index contributed by atoms with van der Waals surface area (Å²) in [5.41, 5.74) is 0.903. The second kappa shape index (κ2) is 13.5. The summed E-state index contributed by atoms with van der Waals surface area (Å²) in [5.74, 6) is -0.474. The van der Waals surface area contributed by atoms with Gasteiger partial charge in [0, 0.05) is 12.6 Å². The number of nitrogens with one attached hydrogen (secondary N) is 1. The van der Waals surface area contributed by atoms with E-state index in [1.165, 1.54) is 12.0 Å². The number of carbonyl (C=O) groups excluding carboxylic acids is 2. The largest absolute Gasteiger partial charge is 0.495 e. The van der Waals surface area contributed by atoms with E-state index in [1.807, 2.05) is 6.92 Å². The van der Waals surface area contributed by atoms with Gasteiger partial charge in [-0.05, 0) is 49.1 Å². The molecule has 0 saturated heterocycles. The van der Waals surface area contributed by atoms with Gasteiger partial charge in [0.2, 0.25) is 21.8 Å². The van der Waals surface area contributed by atoms with Crippen LogP contribution in [0.2, 0.25) is 10.0 Å². The molecular formula is C27H35Cl2N3O5S. The smallest absolute Gasteiger partial charge is 0.244 e. The van der Waals surface area contributed by atoms with Crippen molar-refractivity contribution in [2.24, 2.45) is 0 Å². The van der Waals surface area contributed by atoms with Crippen LogP contribution in [0.4, 0.5) is 5.69 Å². The quantitative estimate of drug-likeness (QED) is 0.400. The lowest BCUT2D eigenvalue weighted by molar-refractivity contribution is -0.140. The first kappa shape index (κ1) is 30.1. The van der Waals surface area contributed by atoms with Gasteiger partial charge in [0.25, 0.3) is 0 Å². The number of hydrogen-bond donors (Lipinski definition) is 1. The maximum Gasteiger partial charge on any atom is 0.244 e. The van der Waals surface area contributed by atoms with E-state index in [2.05, 4.69) is 5.32 Å². The molecule has 0 aliphatic heterocycles. The molecule has 0 bridgehead atoms. The summed E-state index contributed by atoms with van der Waals surface area (Å²) < 4.78 is 32.0. The summed E-state index contributed by atoms with van der Waals surface area (Å²) >= 11 is 12.3. The molecule has 0 unspecified atom stereocenters. The van der Waals surface area contributed by atoms with Gasteiger partial charge < -0.3 is 15.0 Å². The first-order valence-corrected chi connectivity index (χ1v) is 15.3. The Morgan fingerprint density at radius 1 is 1.08 bits per heavy atom. The number of amides is 2. The Bertz CT molecular complexity index is 1230. The zero-order valence-electron chi connectivity index (χ0n) is 22.0. The van der Waals surface area contributed by atoms with Crippen LogP contribution in [0.25, 0.3) is 0 Å². The van der Waals surface area contributed by atoms with Crippen LogP contribution in [0.1, 0.15) is 51.0 Å². The van der Waals surface area contributed by atoms with E-state index < -0.39 is 28.5 Å². The van der Waals surface area contributed by atoms with Gasteiger partial charge in [0.1, 0.15) is 18.3 Å². The predicted octanol–water partition coefficient (Wildman–Crippen LogP) is 5.02. The molecule has 11 heteroatoms. The maximum absolute atomic E-state index is 13.9. The van der Waals surface area contributed by atoms with Gasteiger partial charge in [-0.15, -0.1) is 0 Å². The van der Waals surface area contributed by atoms with Gasteiger partial charge in [0.05, 0.1) is 29.1 Å². The highest BCUT2D eigenvalue weighted by atomic mass is 35.5. The van der Waals surface area contributed by atoms with Gasteiger partial charge in [-0.3, -0.25) is 13.9 Å². The van der Waals surface area contributed by atoms with Crippen LogP contribution in [-0.2, 0) is 26.2 Å². The highest BCUT2D eigenvalue weighted by molar-refractivity contribution is 7.92. The second-order valence-corrected chi connectivity index (χ2v) is 12.2. The molecule has 0 heterocycles. The Morgan fingerprint density at radius 2 is 1.76 bits per heavy atom. The molecule has 1 aliphatic rings. The molecule has 3 rings (SSSR count). The fraction of sp³-hybridized carbons (Fsp3) is 0.481. The average molecular weight is 585 g/mol. The van der Waals surface area contributed by atoms with Crippen molar-refractivity contribution in [2.45, 2.75) is 64.1 Å². The number of sulfonamides is 1. The van der Waals surface area contributed by atoms with Crippen molar-refractivity contribution in [1.29, 1.82) is 0 Å². The minimum absolute atomic E-state index is 0.0514. The number of rotatable bonds is 11. The van der Waals surface area contributed by atoms with Crippen molar-refractivity contribution in [3.05, 3.63) is 58.1 Å². The number of carbonyl (C=O) groups is 2. The van der Waals surface area contributed by atoms with E-state index in [-0.39, 0.29) is 24.2 Å². The lowest BCUT2D eigenvalue weighted by Gasteiger charge is -2.34. The number of halogens is 2. The molecular weight excluding hydrogens is 549 g/mol. The first-order valence-electron chi connectivity index (χ1n) is 12.7. The Balaban J connectivity index is 1.96. The van der Waals surface area contributed by atoms with Crippen LogP contribution in [0.5, 0.6) is 5.75 Å². The zero-order valence-corrected chi connectivity index (χ0v) is 24.3. The summed E-state index contributed by atoms with van der Waals surface area (Å²) in [7, 11) is -2.44. The summed E-state index contributed by atoms with van der Waals surface area (Å²) in [5, 5.41) is 3.81. The Morgan fingerprint density at radius 3 is 2.37 bits per heavy atom. The summed E-state index contributed by atoms with van der Waals surface area (Å²) in [6.07, 6.45) is 6.43. The molecule has 1 N–H and O–H groups in total. The normalized spacial score (nSPS) is 15.0. The van der Waals surface area contributed by atoms with E-state index in [9.17, 15) is 18.0 Å². The third kappa shape index (κ3) is 7.77. The van der Waals surface area contributed by atoms with E-state index in [1.54, 1.807) is 42.5 Å². The fourth-order valence-electron chi connectivity index (χ4n) is 4.73. The standard InChI is InChI=1S/C27H35Cl2N3O5S/c1-4-23(27(34)30-20-10-6-5-7-11-20)31(17-19-14-15-21(28)22(29)16-19)26(33)18-32(38(3,35)36)24-12-8-9-13-25(24)37-2/h8-9,12-16,20,23H,4-7,10-11,17-18H2,1-3H3,(H,30,34)/t23-/m0/s1. The van der Waals surface area contributed by atoms with Crippen LogP contribution < -0.4 is 14.4 Å². The van der Waals surface area contributed by atoms with E-state index in [0.717, 1.165) is 42.7 Å². The van der Waals surface area contributed by atoms with Crippen molar-refractivity contribution < 1.29 is 22.7 Å². The lowest BCUT2D eigenvalue weighted by Crippen LogP contribution is -2.54. The molecule has 0 spiro atoms. The fourth-order valence-corrected chi connectivity index (χ4v) is 5.90. The molecule has 2 amide bonds. The third-order valence-electron chi connectivity index (χ3n) is 6.71. The van der Waals surface area contributed by atoms with Gasteiger partial charge >= 0.3 is 0 Å². The van der Waals surface area contributed by atoms with E-state index in [4.69, 9.17) is 27.9 Å². The Labute approximate surface area is 235 Å². The lowest BCUT2D eigenvalue weighted by atomic mass is 9.95. The van der Waals surface area contributed by atoms with Gasteiger partial charge in [0.15, 0.2) is 0 Å². The van der Waals surface area contributed by atoms with Crippen molar-refractivity contribution in [1.82, 2.24) is 10.2 Å². The van der Waals surface area contributed by atoms with Crippen LogP contribution in [0, 0.1) is 0 Å². The minimum Gasteiger partial charge on any atom is -0.495 e. The number of anilines is 1. The predicted molar refractivity (Wildman–Crippen MR) is 151 cm³/mol. The SMILES string of the molecule is CC[C@@H](C(=O)NC1CCCCC1)N(Cc1ccc(Cl)c(Cl)c1)C(=O)CN(c1ccccc1OC)S(C)(=O)=O. The topological polar surface area (TPSA) is 96.0 Å². The molecule has 2 aromatic rings. The molecule has 1 saturated carbocycles.